The largest absolute Gasteiger partial charge is 0.506 e. The second-order valence-electron chi connectivity index (χ2n) is 5.86. The van der Waals surface area contributed by atoms with Crippen molar-refractivity contribution in [2.75, 3.05) is 5.32 Å². The monoisotopic (exact) mass is 321 g/mol. The Kier molecular flexibility index (Phi) is 4.08. The molecule has 1 heterocycles. The highest BCUT2D eigenvalue weighted by atomic mass is 16.3. The number of aryl methyl sites for hydroxylation is 3. The van der Waals surface area contributed by atoms with Crippen molar-refractivity contribution < 1.29 is 9.90 Å². The van der Waals surface area contributed by atoms with E-state index in [1.165, 1.54) is 0 Å². The van der Waals surface area contributed by atoms with Crippen molar-refractivity contribution in [3.8, 4) is 11.4 Å². The molecule has 0 bridgehead atoms. The number of nitrogens with zero attached hydrogens (tertiary/aromatic N) is 2. The summed E-state index contributed by atoms with van der Waals surface area (Å²) in [6.45, 7) is 5.81. The topological polar surface area (TPSA) is 67.2 Å². The van der Waals surface area contributed by atoms with Gasteiger partial charge in [-0.15, -0.1) is 0 Å². The molecular formula is C19H19N3O2. The Hall–Kier alpha value is -3.08. The van der Waals surface area contributed by atoms with E-state index in [-0.39, 0.29) is 11.7 Å². The maximum atomic E-state index is 12.3. The van der Waals surface area contributed by atoms with Crippen LogP contribution in [0.2, 0.25) is 0 Å². The SMILES string of the molecule is Cc1ccc(NC(=O)c2ccc(-n3nc(C)cc3C)cc2)c(O)c1. The van der Waals surface area contributed by atoms with Crippen LogP contribution in [0.15, 0.2) is 48.5 Å². The fraction of sp³-hybridized carbons (Fsp3) is 0.158. The molecule has 0 aliphatic carbocycles. The molecule has 0 saturated carbocycles. The van der Waals surface area contributed by atoms with E-state index in [1.54, 1.807) is 24.3 Å². The number of carbonyl (C=O) groups excluding carboxylic acids is 1. The van der Waals surface area contributed by atoms with Crippen LogP contribution in [0, 0.1) is 20.8 Å². The average Bonchev–Trinajstić information content (AvgIpc) is 2.88. The minimum absolute atomic E-state index is 0.0580. The summed E-state index contributed by atoms with van der Waals surface area (Å²) < 4.78 is 1.84. The number of hydrogen-bond acceptors (Lipinski definition) is 3. The number of carbonyl (C=O) groups is 1. The van der Waals surface area contributed by atoms with Crippen molar-refractivity contribution in [3.63, 3.8) is 0 Å². The highest BCUT2D eigenvalue weighted by molar-refractivity contribution is 6.05. The number of benzene rings is 2. The van der Waals surface area contributed by atoms with Crippen LogP contribution in [0.3, 0.4) is 0 Å². The third kappa shape index (κ3) is 3.15. The van der Waals surface area contributed by atoms with Crippen LogP contribution in [0.4, 0.5) is 5.69 Å². The van der Waals surface area contributed by atoms with Gasteiger partial charge in [0, 0.05) is 11.3 Å². The summed E-state index contributed by atoms with van der Waals surface area (Å²) in [5.41, 5.74) is 4.72. The van der Waals surface area contributed by atoms with Crippen LogP contribution in [-0.2, 0) is 0 Å². The van der Waals surface area contributed by atoms with E-state index in [2.05, 4.69) is 10.4 Å². The number of phenols is 1. The molecule has 0 aliphatic rings. The molecular weight excluding hydrogens is 302 g/mol. The molecule has 0 saturated heterocycles. The van der Waals surface area contributed by atoms with Crippen molar-refractivity contribution in [1.82, 2.24) is 9.78 Å². The molecule has 0 spiro atoms. The number of phenolic OH excluding ortho intramolecular Hbond substituents is 1. The van der Waals surface area contributed by atoms with Crippen molar-refractivity contribution in [2.45, 2.75) is 20.8 Å². The van der Waals surface area contributed by atoms with E-state index in [0.29, 0.717) is 11.3 Å². The minimum atomic E-state index is -0.269. The molecule has 3 aromatic rings. The maximum absolute atomic E-state index is 12.3. The summed E-state index contributed by atoms with van der Waals surface area (Å²) >= 11 is 0. The van der Waals surface area contributed by atoms with Gasteiger partial charge >= 0.3 is 0 Å². The van der Waals surface area contributed by atoms with E-state index in [9.17, 15) is 9.90 Å². The molecule has 0 unspecified atom stereocenters. The van der Waals surface area contributed by atoms with Gasteiger partial charge in [0.25, 0.3) is 5.91 Å². The Balaban J connectivity index is 1.80. The number of nitrogens with one attached hydrogen (secondary N) is 1. The molecule has 0 aliphatic heterocycles. The van der Waals surface area contributed by atoms with E-state index >= 15 is 0 Å². The molecule has 0 atom stereocenters. The molecule has 2 aromatic carbocycles. The lowest BCUT2D eigenvalue weighted by Gasteiger charge is -2.09. The van der Waals surface area contributed by atoms with Crippen LogP contribution < -0.4 is 5.32 Å². The summed E-state index contributed by atoms with van der Waals surface area (Å²) in [4.78, 5) is 12.3. The standard InChI is InChI=1S/C19H19N3O2/c1-12-4-9-17(18(23)10-12)20-19(24)15-5-7-16(8-6-15)22-14(3)11-13(2)21-22/h4-11,23H,1-3H3,(H,20,24). The Labute approximate surface area is 140 Å². The molecule has 1 aromatic heterocycles. The number of hydrogen-bond donors (Lipinski definition) is 2. The molecule has 122 valence electrons. The van der Waals surface area contributed by atoms with Gasteiger partial charge in [0.05, 0.1) is 17.1 Å². The summed E-state index contributed by atoms with van der Waals surface area (Å²) in [7, 11) is 0. The van der Waals surface area contributed by atoms with Crippen molar-refractivity contribution >= 4 is 11.6 Å². The number of amides is 1. The molecule has 24 heavy (non-hydrogen) atoms. The third-order valence-electron chi connectivity index (χ3n) is 3.79. The molecule has 2 N–H and O–H groups in total. The number of anilines is 1. The summed E-state index contributed by atoms with van der Waals surface area (Å²) in [6.07, 6.45) is 0. The molecule has 1 amide bonds. The Bertz CT molecular complexity index is 895. The zero-order valence-electron chi connectivity index (χ0n) is 13.9. The summed E-state index contributed by atoms with van der Waals surface area (Å²) in [5, 5.41) is 17.0. The smallest absolute Gasteiger partial charge is 0.255 e. The van der Waals surface area contributed by atoms with Gasteiger partial charge in [0.15, 0.2) is 0 Å². The Morgan fingerprint density at radius 1 is 1.04 bits per heavy atom. The van der Waals surface area contributed by atoms with Gasteiger partial charge in [-0.25, -0.2) is 4.68 Å². The lowest BCUT2D eigenvalue weighted by atomic mass is 10.1. The average molecular weight is 321 g/mol. The Morgan fingerprint density at radius 2 is 1.75 bits per heavy atom. The van der Waals surface area contributed by atoms with Gasteiger partial charge < -0.3 is 10.4 Å². The first-order chi connectivity index (χ1) is 11.4. The van der Waals surface area contributed by atoms with Gasteiger partial charge in [-0.2, -0.15) is 5.10 Å². The number of rotatable bonds is 3. The van der Waals surface area contributed by atoms with Crippen LogP contribution in [-0.4, -0.2) is 20.8 Å². The highest BCUT2D eigenvalue weighted by Crippen LogP contribution is 2.24. The van der Waals surface area contributed by atoms with Crippen LogP contribution in [0.1, 0.15) is 27.3 Å². The normalized spacial score (nSPS) is 10.6. The molecule has 3 rings (SSSR count). The van der Waals surface area contributed by atoms with Crippen LogP contribution >= 0.6 is 0 Å². The zero-order valence-corrected chi connectivity index (χ0v) is 13.9. The van der Waals surface area contributed by atoms with Crippen molar-refractivity contribution in [3.05, 3.63) is 71.0 Å². The van der Waals surface area contributed by atoms with E-state index in [0.717, 1.165) is 22.6 Å². The third-order valence-corrected chi connectivity index (χ3v) is 3.79. The van der Waals surface area contributed by atoms with Gasteiger partial charge in [-0.3, -0.25) is 4.79 Å². The van der Waals surface area contributed by atoms with Crippen LogP contribution in [0.25, 0.3) is 5.69 Å². The fourth-order valence-corrected chi connectivity index (χ4v) is 2.59. The van der Waals surface area contributed by atoms with Gasteiger partial charge in [0.2, 0.25) is 0 Å². The Morgan fingerprint density at radius 3 is 2.33 bits per heavy atom. The van der Waals surface area contributed by atoms with Crippen molar-refractivity contribution in [1.29, 1.82) is 0 Å². The first-order valence-electron chi connectivity index (χ1n) is 7.69. The van der Waals surface area contributed by atoms with E-state index in [1.807, 2.05) is 49.7 Å². The first-order valence-corrected chi connectivity index (χ1v) is 7.69. The maximum Gasteiger partial charge on any atom is 0.255 e. The summed E-state index contributed by atoms with van der Waals surface area (Å²) in [5.74, 6) is -0.211. The lowest BCUT2D eigenvalue weighted by molar-refractivity contribution is 0.102. The molecule has 5 nitrogen and oxygen atoms in total. The molecule has 0 radical (unpaired) electrons. The second kappa shape index (κ2) is 6.20. The predicted molar refractivity (Wildman–Crippen MR) is 93.8 cm³/mol. The first kappa shape index (κ1) is 15.8. The number of aromatic nitrogens is 2. The second-order valence-corrected chi connectivity index (χ2v) is 5.86. The van der Waals surface area contributed by atoms with E-state index < -0.39 is 0 Å². The molecule has 5 heteroatoms. The summed E-state index contributed by atoms with van der Waals surface area (Å²) in [6, 6.07) is 14.3. The van der Waals surface area contributed by atoms with Gasteiger partial charge in [-0.1, -0.05) is 6.07 Å². The van der Waals surface area contributed by atoms with E-state index in [4.69, 9.17) is 0 Å². The molecule has 0 fully saturated rings. The van der Waals surface area contributed by atoms with Gasteiger partial charge in [-0.05, 0) is 68.8 Å². The fourth-order valence-electron chi connectivity index (χ4n) is 2.59. The van der Waals surface area contributed by atoms with Crippen LogP contribution in [0.5, 0.6) is 5.75 Å². The van der Waals surface area contributed by atoms with Gasteiger partial charge in [0.1, 0.15) is 5.75 Å². The van der Waals surface area contributed by atoms with Crippen molar-refractivity contribution in [2.24, 2.45) is 0 Å². The number of aromatic hydroxyl groups is 1. The highest BCUT2D eigenvalue weighted by Gasteiger charge is 2.10. The lowest BCUT2D eigenvalue weighted by Crippen LogP contribution is -2.12. The quantitative estimate of drug-likeness (QED) is 0.722. The predicted octanol–water partition coefficient (Wildman–Crippen LogP) is 3.76. The minimum Gasteiger partial charge on any atom is -0.506 e. The zero-order chi connectivity index (χ0) is 17.3.